The van der Waals surface area contributed by atoms with Gasteiger partial charge in [0.2, 0.25) is 0 Å². The van der Waals surface area contributed by atoms with Crippen LogP contribution in [0.1, 0.15) is 5.56 Å². The molecule has 2 heteroatoms. The molecule has 0 aliphatic rings. The van der Waals surface area contributed by atoms with Gasteiger partial charge in [-0.05, 0) is 6.07 Å². The van der Waals surface area contributed by atoms with Crippen molar-refractivity contribution >= 4 is 11.6 Å². The van der Waals surface area contributed by atoms with Gasteiger partial charge in [-0.25, -0.2) is 0 Å². The first-order valence-corrected chi connectivity index (χ1v) is 3.92. The summed E-state index contributed by atoms with van der Waals surface area (Å²) in [5, 5.41) is 0.602. The van der Waals surface area contributed by atoms with Crippen LogP contribution in [0.2, 0.25) is 5.02 Å². The highest BCUT2D eigenvalue weighted by molar-refractivity contribution is 6.32. The van der Waals surface area contributed by atoms with Crippen molar-refractivity contribution in [3.8, 4) is 18.1 Å². The molecule has 0 spiro atoms. The Kier molecular flexibility index (Phi) is 3.01. The first kappa shape index (κ1) is 8.96. The zero-order valence-corrected chi connectivity index (χ0v) is 7.56. The van der Waals surface area contributed by atoms with Crippen LogP contribution < -0.4 is 4.74 Å². The number of para-hydroxylation sites is 1. The third-order valence-electron chi connectivity index (χ3n) is 1.55. The topological polar surface area (TPSA) is 9.23 Å². The van der Waals surface area contributed by atoms with E-state index in [1.807, 2.05) is 12.1 Å². The van der Waals surface area contributed by atoms with Crippen LogP contribution in [-0.2, 0) is 6.42 Å². The summed E-state index contributed by atoms with van der Waals surface area (Å²) in [6.07, 6.45) is 5.73. The molecule has 0 unspecified atom stereocenters. The van der Waals surface area contributed by atoms with Gasteiger partial charge in [-0.1, -0.05) is 23.7 Å². The molecule has 0 fully saturated rings. The molecular formula is C10H9ClO. The monoisotopic (exact) mass is 180 g/mol. The van der Waals surface area contributed by atoms with Gasteiger partial charge in [0.1, 0.15) is 5.75 Å². The second-order valence-electron chi connectivity index (χ2n) is 2.31. The van der Waals surface area contributed by atoms with E-state index in [0.29, 0.717) is 17.2 Å². The lowest BCUT2D eigenvalue weighted by molar-refractivity contribution is 0.411. The molecule has 1 aromatic rings. The van der Waals surface area contributed by atoms with Gasteiger partial charge < -0.3 is 4.74 Å². The first-order chi connectivity index (χ1) is 5.79. The number of hydrogen-bond donors (Lipinski definition) is 0. The Bertz CT molecular complexity index is 312. The molecule has 12 heavy (non-hydrogen) atoms. The van der Waals surface area contributed by atoms with Crippen molar-refractivity contribution in [1.29, 1.82) is 0 Å². The van der Waals surface area contributed by atoms with Crippen LogP contribution in [0.25, 0.3) is 0 Å². The van der Waals surface area contributed by atoms with Crippen LogP contribution in [0.15, 0.2) is 18.2 Å². The van der Waals surface area contributed by atoms with Crippen LogP contribution in [-0.4, -0.2) is 7.11 Å². The van der Waals surface area contributed by atoms with Gasteiger partial charge in [0.05, 0.1) is 12.1 Å². The van der Waals surface area contributed by atoms with Crippen molar-refractivity contribution in [3.63, 3.8) is 0 Å². The second kappa shape index (κ2) is 4.04. The summed E-state index contributed by atoms with van der Waals surface area (Å²) in [6.45, 7) is 0. The van der Waals surface area contributed by atoms with E-state index in [4.69, 9.17) is 22.8 Å². The number of terminal acetylenes is 1. The lowest BCUT2D eigenvalue weighted by Crippen LogP contribution is -1.91. The van der Waals surface area contributed by atoms with Crippen LogP contribution in [0, 0.1) is 12.3 Å². The molecule has 0 saturated heterocycles. The van der Waals surface area contributed by atoms with Crippen molar-refractivity contribution in [3.05, 3.63) is 28.8 Å². The maximum Gasteiger partial charge on any atom is 0.141 e. The molecule has 0 amide bonds. The van der Waals surface area contributed by atoms with Crippen LogP contribution in [0.4, 0.5) is 0 Å². The highest BCUT2D eigenvalue weighted by Crippen LogP contribution is 2.28. The molecule has 0 radical (unpaired) electrons. The van der Waals surface area contributed by atoms with Gasteiger partial charge in [-0.3, -0.25) is 0 Å². The van der Waals surface area contributed by atoms with E-state index in [-0.39, 0.29) is 0 Å². The summed E-state index contributed by atoms with van der Waals surface area (Å²) in [6, 6.07) is 5.54. The van der Waals surface area contributed by atoms with Gasteiger partial charge in [0.15, 0.2) is 0 Å². The average molecular weight is 181 g/mol. The Morgan fingerprint density at radius 1 is 1.58 bits per heavy atom. The molecule has 0 aliphatic carbocycles. The van der Waals surface area contributed by atoms with E-state index in [2.05, 4.69) is 5.92 Å². The predicted molar refractivity (Wildman–Crippen MR) is 50.5 cm³/mol. The van der Waals surface area contributed by atoms with Crippen molar-refractivity contribution in [2.24, 2.45) is 0 Å². The van der Waals surface area contributed by atoms with Crippen LogP contribution in [0.3, 0.4) is 0 Å². The fourth-order valence-electron chi connectivity index (χ4n) is 1.03. The van der Waals surface area contributed by atoms with E-state index in [0.717, 1.165) is 5.56 Å². The minimum absolute atomic E-state index is 0.545. The zero-order chi connectivity index (χ0) is 8.97. The summed E-state index contributed by atoms with van der Waals surface area (Å²) in [7, 11) is 1.58. The Morgan fingerprint density at radius 3 is 2.92 bits per heavy atom. The molecule has 0 aliphatic heterocycles. The number of benzene rings is 1. The largest absolute Gasteiger partial charge is 0.495 e. The van der Waals surface area contributed by atoms with Crippen LogP contribution in [0.5, 0.6) is 5.75 Å². The normalized spacial score (nSPS) is 9.08. The van der Waals surface area contributed by atoms with Gasteiger partial charge in [-0.15, -0.1) is 12.3 Å². The summed E-state index contributed by atoms with van der Waals surface area (Å²) < 4.78 is 5.10. The lowest BCUT2D eigenvalue weighted by Gasteiger charge is -2.06. The Morgan fingerprint density at radius 2 is 2.33 bits per heavy atom. The lowest BCUT2D eigenvalue weighted by atomic mass is 10.1. The molecule has 0 N–H and O–H groups in total. The van der Waals surface area contributed by atoms with E-state index in [1.165, 1.54) is 0 Å². The molecule has 0 bridgehead atoms. The number of hydrogen-bond acceptors (Lipinski definition) is 1. The molecule has 1 nitrogen and oxygen atoms in total. The highest BCUT2D eigenvalue weighted by Gasteiger charge is 2.04. The average Bonchev–Trinajstić information content (AvgIpc) is 2.05. The second-order valence-corrected chi connectivity index (χ2v) is 2.72. The molecule has 0 heterocycles. The molecule has 0 saturated carbocycles. The van der Waals surface area contributed by atoms with Crippen molar-refractivity contribution < 1.29 is 4.74 Å². The molecular weight excluding hydrogens is 172 g/mol. The fourth-order valence-corrected chi connectivity index (χ4v) is 1.30. The maximum atomic E-state index is 5.87. The predicted octanol–water partition coefficient (Wildman–Crippen LogP) is 2.52. The smallest absolute Gasteiger partial charge is 0.141 e. The summed E-state index contributed by atoms with van der Waals surface area (Å²) >= 11 is 5.87. The van der Waals surface area contributed by atoms with Gasteiger partial charge >= 0.3 is 0 Å². The minimum atomic E-state index is 0.545. The van der Waals surface area contributed by atoms with Crippen molar-refractivity contribution in [2.75, 3.05) is 7.11 Å². The highest BCUT2D eigenvalue weighted by atomic mass is 35.5. The van der Waals surface area contributed by atoms with Crippen LogP contribution >= 0.6 is 11.6 Å². The third kappa shape index (κ3) is 1.72. The summed E-state index contributed by atoms with van der Waals surface area (Å²) in [5.41, 5.74) is 0.951. The van der Waals surface area contributed by atoms with E-state index in [1.54, 1.807) is 13.2 Å². The van der Waals surface area contributed by atoms with E-state index >= 15 is 0 Å². The minimum Gasteiger partial charge on any atom is -0.495 e. The number of ether oxygens (including phenoxy) is 1. The Balaban J connectivity index is 3.11. The SMILES string of the molecule is C#CCc1cccc(Cl)c1OC. The summed E-state index contributed by atoms with van der Waals surface area (Å²) in [5.74, 6) is 3.23. The Hall–Kier alpha value is -1.13. The fraction of sp³-hybridized carbons (Fsp3) is 0.200. The molecule has 0 atom stereocenters. The Labute approximate surface area is 77.3 Å². The van der Waals surface area contributed by atoms with E-state index < -0.39 is 0 Å². The van der Waals surface area contributed by atoms with Gasteiger partial charge in [0, 0.05) is 12.0 Å². The zero-order valence-electron chi connectivity index (χ0n) is 6.80. The standard InChI is InChI=1S/C10H9ClO/c1-3-5-8-6-4-7-9(11)10(8)12-2/h1,4,6-7H,5H2,2H3. The molecule has 0 aromatic heterocycles. The van der Waals surface area contributed by atoms with Crippen molar-refractivity contribution in [2.45, 2.75) is 6.42 Å². The van der Waals surface area contributed by atoms with Crippen molar-refractivity contribution in [1.82, 2.24) is 0 Å². The number of methoxy groups -OCH3 is 1. The first-order valence-electron chi connectivity index (χ1n) is 3.54. The molecule has 1 aromatic carbocycles. The summed E-state index contributed by atoms with van der Waals surface area (Å²) in [4.78, 5) is 0. The quantitative estimate of drug-likeness (QED) is 0.636. The number of halogens is 1. The number of rotatable bonds is 2. The third-order valence-corrected chi connectivity index (χ3v) is 1.84. The molecule has 1 rings (SSSR count). The van der Waals surface area contributed by atoms with E-state index in [9.17, 15) is 0 Å². The van der Waals surface area contributed by atoms with Gasteiger partial charge in [0.25, 0.3) is 0 Å². The maximum absolute atomic E-state index is 5.87. The van der Waals surface area contributed by atoms with Gasteiger partial charge in [-0.2, -0.15) is 0 Å². The molecule has 62 valence electrons.